The van der Waals surface area contributed by atoms with Gasteiger partial charge in [-0.15, -0.1) is 0 Å². The van der Waals surface area contributed by atoms with Crippen LogP contribution in [0.1, 0.15) is 39.9 Å². The van der Waals surface area contributed by atoms with E-state index in [2.05, 4.69) is 5.32 Å². The minimum absolute atomic E-state index is 0.0412. The van der Waals surface area contributed by atoms with Crippen LogP contribution in [-0.4, -0.2) is 36.3 Å². The second-order valence-electron chi connectivity index (χ2n) is 6.86. The first-order chi connectivity index (χ1) is 13.6. The monoisotopic (exact) mass is 383 g/mol. The molecule has 0 bridgehead atoms. The van der Waals surface area contributed by atoms with Crippen molar-refractivity contribution < 1.29 is 24.2 Å². The standard InChI is InChI=1S/C22H25NO5/c24-21(13-18-3-1-2-4-20(18)22(25)26)23-14-16-5-7-17(8-6-16)15-28-19-9-11-27-12-10-19/h1-8,19H,9-15H2,(H,23,24)(H,25,26). The zero-order valence-corrected chi connectivity index (χ0v) is 15.7. The van der Waals surface area contributed by atoms with E-state index in [-0.39, 0.29) is 24.0 Å². The maximum absolute atomic E-state index is 12.2. The second-order valence-corrected chi connectivity index (χ2v) is 6.86. The molecule has 0 radical (unpaired) electrons. The summed E-state index contributed by atoms with van der Waals surface area (Å²) in [7, 11) is 0. The van der Waals surface area contributed by atoms with Crippen LogP contribution in [0.3, 0.4) is 0 Å². The molecule has 2 aromatic rings. The fraction of sp³-hybridized carbons (Fsp3) is 0.364. The van der Waals surface area contributed by atoms with Crippen LogP contribution in [0.5, 0.6) is 0 Å². The zero-order valence-electron chi connectivity index (χ0n) is 15.7. The summed E-state index contributed by atoms with van der Waals surface area (Å²) in [6, 6.07) is 14.5. The molecule has 28 heavy (non-hydrogen) atoms. The zero-order chi connectivity index (χ0) is 19.8. The number of carbonyl (C=O) groups is 2. The number of hydrogen-bond donors (Lipinski definition) is 2. The molecule has 1 saturated heterocycles. The number of carboxylic acid groups (broad SMARTS) is 1. The molecule has 1 amide bonds. The van der Waals surface area contributed by atoms with Gasteiger partial charge in [-0.25, -0.2) is 4.79 Å². The van der Waals surface area contributed by atoms with Crippen LogP contribution in [0.4, 0.5) is 0 Å². The number of carbonyl (C=O) groups excluding carboxylic acids is 1. The van der Waals surface area contributed by atoms with Gasteiger partial charge in [0.05, 0.1) is 24.7 Å². The van der Waals surface area contributed by atoms with Gasteiger partial charge < -0.3 is 19.9 Å². The Balaban J connectivity index is 1.45. The second kappa shape index (κ2) is 10.0. The lowest BCUT2D eigenvalue weighted by Crippen LogP contribution is -2.25. The Bertz CT molecular complexity index is 797. The third kappa shape index (κ3) is 5.90. The molecule has 2 aromatic carbocycles. The summed E-state index contributed by atoms with van der Waals surface area (Å²) in [6.07, 6.45) is 2.19. The van der Waals surface area contributed by atoms with Crippen LogP contribution in [0.2, 0.25) is 0 Å². The van der Waals surface area contributed by atoms with Crippen LogP contribution in [-0.2, 0) is 33.8 Å². The van der Waals surface area contributed by atoms with Gasteiger partial charge in [0.1, 0.15) is 0 Å². The quantitative estimate of drug-likeness (QED) is 0.732. The van der Waals surface area contributed by atoms with Crippen molar-refractivity contribution in [1.29, 1.82) is 0 Å². The molecule has 2 N–H and O–H groups in total. The molecule has 1 aliphatic heterocycles. The van der Waals surface area contributed by atoms with Crippen molar-refractivity contribution in [3.63, 3.8) is 0 Å². The van der Waals surface area contributed by atoms with E-state index in [0.717, 1.165) is 37.2 Å². The number of rotatable bonds is 8. The van der Waals surface area contributed by atoms with Crippen molar-refractivity contribution in [3.05, 3.63) is 70.8 Å². The van der Waals surface area contributed by atoms with Crippen LogP contribution in [0.25, 0.3) is 0 Å². The van der Waals surface area contributed by atoms with Gasteiger partial charge in [0, 0.05) is 19.8 Å². The molecular formula is C22H25NO5. The van der Waals surface area contributed by atoms with Crippen molar-refractivity contribution in [1.82, 2.24) is 5.32 Å². The molecule has 6 heteroatoms. The van der Waals surface area contributed by atoms with E-state index in [9.17, 15) is 14.7 Å². The van der Waals surface area contributed by atoms with Crippen molar-refractivity contribution in [2.24, 2.45) is 0 Å². The van der Waals surface area contributed by atoms with Crippen LogP contribution in [0.15, 0.2) is 48.5 Å². The van der Waals surface area contributed by atoms with Crippen LogP contribution >= 0.6 is 0 Å². The van der Waals surface area contributed by atoms with E-state index in [0.29, 0.717) is 18.7 Å². The van der Waals surface area contributed by atoms with E-state index in [1.54, 1.807) is 18.2 Å². The van der Waals surface area contributed by atoms with Crippen molar-refractivity contribution in [3.8, 4) is 0 Å². The maximum atomic E-state index is 12.2. The summed E-state index contributed by atoms with van der Waals surface area (Å²) >= 11 is 0. The van der Waals surface area contributed by atoms with Crippen LogP contribution < -0.4 is 5.32 Å². The van der Waals surface area contributed by atoms with Crippen molar-refractivity contribution in [2.45, 2.75) is 38.5 Å². The van der Waals surface area contributed by atoms with Gasteiger partial charge in [-0.05, 0) is 35.6 Å². The average Bonchev–Trinajstić information content (AvgIpc) is 2.72. The number of carboxylic acids is 1. The minimum Gasteiger partial charge on any atom is -0.478 e. The Morgan fingerprint density at radius 1 is 1.04 bits per heavy atom. The van der Waals surface area contributed by atoms with Gasteiger partial charge in [-0.2, -0.15) is 0 Å². The number of aromatic carboxylic acids is 1. The molecule has 0 atom stereocenters. The van der Waals surface area contributed by atoms with E-state index in [1.807, 2.05) is 24.3 Å². The van der Waals surface area contributed by atoms with Gasteiger partial charge in [0.15, 0.2) is 0 Å². The SMILES string of the molecule is O=C(Cc1ccccc1C(=O)O)NCc1ccc(COC2CCOCC2)cc1. The normalized spacial score (nSPS) is 14.6. The predicted molar refractivity (Wildman–Crippen MR) is 104 cm³/mol. The van der Waals surface area contributed by atoms with E-state index in [1.165, 1.54) is 6.07 Å². The van der Waals surface area contributed by atoms with Gasteiger partial charge in [0.25, 0.3) is 0 Å². The molecular weight excluding hydrogens is 358 g/mol. The summed E-state index contributed by atoms with van der Waals surface area (Å²) < 4.78 is 11.2. The van der Waals surface area contributed by atoms with Crippen LogP contribution in [0, 0.1) is 0 Å². The molecule has 3 rings (SSSR count). The van der Waals surface area contributed by atoms with E-state index in [4.69, 9.17) is 9.47 Å². The third-order valence-corrected chi connectivity index (χ3v) is 4.77. The Labute approximate surface area is 164 Å². The predicted octanol–water partition coefficient (Wildman–Crippen LogP) is 2.94. The summed E-state index contributed by atoms with van der Waals surface area (Å²) in [5.41, 5.74) is 2.74. The smallest absolute Gasteiger partial charge is 0.335 e. The highest BCUT2D eigenvalue weighted by Crippen LogP contribution is 2.14. The van der Waals surface area contributed by atoms with E-state index >= 15 is 0 Å². The Morgan fingerprint density at radius 2 is 1.71 bits per heavy atom. The third-order valence-electron chi connectivity index (χ3n) is 4.77. The van der Waals surface area contributed by atoms with Gasteiger partial charge in [0.2, 0.25) is 5.91 Å². The fourth-order valence-electron chi connectivity index (χ4n) is 3.13. The minimum atomic E-state index is -1.03. The Hall–Kier alpha value is -2.70. The number of nitrogens with one attached hydrogen (secondary N) is 1. The van der Waals surface area contributed by atoms with Gasteiger partial charge in [-0.1, -0.05) is 42.5 Å². The summed E-state index contributed by atoms with van der Waals surface area (Å²) in [4.78, 5) is 23.4. The number of benzene rings is 2. The Morgan fingerprint density at radius 3 is 2.43 bits per heavy atom. The topological polar surface area (TPSA) is 84.9 Å². The molecule has 0 aromatic heterocycles. The Kier molecular flexibility index (Phi) is 7.17. The van der Waals surface area contributed by atoms with Gasteiger partial charge >= 0.3 is 5.97 Å². The largest absolute Gasteiger partial charge is 0.478 e. The fourth-order valence-corrected chi connectivity index (χ4v) is 3.13. The molecule has 6 nitrogen and oxygen atoms in total. The lowest BCUT2D eigenvalue weighted by Gasteiger charge is -2.22. The molecule has 1 heterocycles. The molecule has 0 aliphatic carbocycles. The van der Waals surface area contributed by atoms with Crippen molar-refractivity contribution in [2.75, 3.05) is 13.2 Å². The number of ether oxygens (including phenoxy) is 2. The summed E-state index contributed by atoms with van der Waals surface area (Å²) in [5.74, 6) is -1.23. The highest BCUT2D eigenvalue weighted by molar-refractivity contribution is 5.91. The van der Waals surface area contributed by atoms with Gasteiger partial charge in [-0.3, -0.25) is 4.79 Å². The summed E-state index contributed by atoms with van der Waals surface area (Å²) in [5, 5.41) is 12.0. The number of hydrogen-bond acceptors (Lipinski definition) is 4. The molecule has 1 aliphatic rings. The average molecular weight is 383 g/mol. The maximum Gasteiger partial charge on any atom is 0.335 e. The number of amides is 1. The molecule has 0 unspecified atom stereocenters. The first-order valence-corrected chi connectivity index (χ1v) is 9.47. The lowest BCUT2D eigenvalue weighted by atomic mass is 10.0. The first kappa shape index (κ1) is 20.0. The van der Waals surface area contributed by atoms with Crippen molar-refractivity contribution >= 4 is 11.9 Å². The first-order valence-electron chi connectivity index (χ1n) is 9.47. The summed E-state index contributed by atoms with van der Waals surface area (Å²) in [6.45, 7) is 2.50. The molecule has 0 spiro atoms. The molecule has 1 fully saturated rings. The highest BCUT2D eigenvalue weighted by Gasteiger charge is 2.14. The van der Waals surface area contributed by atoms with E-state index < -0.39 is 5.97 Å². The molecule has 0 saturated carbocycles. The molecule has 148 valence electrons. The lowest BCUT2D eigenvalue weighted by molar-refractivity contribution is -0.120. The highest BCUT2D eigenvalue weighted by atomic mass is 16.5.